The Labute approximate surface area is 205 Å². The van der Waals surface area contributed by atoms with Gasteiger partial charge in [-0.1, -0.05) is 6.07 Å². The number of rotatable bonds is 8. The van der Waals surface area contributed by atoms with E-state index in [2.05, 4.69) is 25.9 Å². The van der Waals surface area contributed by atoms with Crippen molar-refractivity contribution < 1.29 is 19.1 Å². The van der Waals surface area contributed by atoms with Gasteiger partial charge in [0, 0.05) is 61.3 Å². The summed E-state index contributed by atoms with van der Waals surface area (Å²) >= 11 is 0. The van der Waals surface area contributed by atoms with E-state index in [0.717, 1.165) is 16.8 Å². The number of hydrogen-bond acceptors (Lipinski definition) is 7. The number of allylic oxidation sites excluding steroid dienone is 1. The summed E-state index contributed by atoms with van der Waals surface area (Å²) in [6.07, 6.45) is 6.75. The SMILES string of the molecule is CN/C=C(\C(C)=O)c1cccnc1.COc1ccc(OC)c(NC(=O)NCc2ccnc(C)c2)c1. The third-order valence-electron chi connectivity index (χ3n) is 4.71. The number of carbonyl (C=O) groups excluding carboxylic acids is 2. The number of pyridine rings is 2. The zero-order valence-corrected chi connectivity index (χ0v) is 20.6. The van der Waals surface area contributed by atoms with Crippen molar-refractivity contribution in [3.63, 3.8) is 0 Å². The van der Waals surface area contributed by atoms with Gasteiger partial charge in [-0.2, -0.15) is 0 Å². The van der Waals surface area contributed by atoms with Gasteiger partial charge in [0.15, 0.2) is 5.78 Å². The summed E-state index contributed by atoms with van der Waals surface area (Å²) in [5, 5.41) is 8.38. The highest BCUT2D eigenvalue weighted by molar-refractivity contribution is 6.19. The molecule has 0 atom stereocenters. The average molecular weight is 478 g/mol. The van der Waals surface area contributed by atoms with Gasteiger partial charge in [-0.05, 0) is 49.7 Å². The zero-order chi connectivity index (χ0) is 25.6. The van der Waals surface area contributed by atoms with Crippen molar-refractivity contribution in [1.29, 1.82) is 0 Å². The van der Waals surface area contributed by atoms with Crippen LogP contribution in [0.3, 0.4) is 0 Å². The molecule has 0 fully saturated rings. The second-order valence-corrected chi connectivity index (χ2v) is 7.32. The normalized spacial score (nSPS) is 10.4. The Morgan fingerprint density at radius 3 is 2.46 bits per heavy atom. The quantitative estimate of drug-likeness (QED) is 0.421. The Kier molecular flexibility index (Phi) is 10.7. The van der Waals surface area contributed by atoms with Crippen LogP contribution in [0.4, 0.5) is 10.5 Å². The molecule has 0 aliphatic rings. The summed E-state index contributed by atoms with van der Waals surface area (Å²) in [5.74, 6) is 1.24. The highest BCUT2D eigenvalue weighted by Gasteiger charge is 2.09. The lowest BCUT2D eigenvalue weighted by Gasteiger charge is -2.12. The predicted molar refractivity (Wildman–Crippen MR) is 136 cm³/mol. The van der Waals surface area contributed by atoms with Gasteiger partial charge in [-0.25, -0.2) is 4.79 Å². The van der Waals surface area contributed by atoms with E-state index in [-0.39, 0.29) is 11.8 Å². The first-order valence-corrected chi connectivity index (χ1v) is 10.8. The topological polar surface area (TPSA) is 114 Å². The number of ether oxygens (including phenoxy) is 2. The van der Waals surface area contributed by atoms with Crippen LogP contribution in [0.1, 0.15) is 23.7 Å². The average Bonchev–Trinajstić information content (AvgIpc) is 2.86. The first-order valence-electron chi connectivity index (χ1n) is 10.8. The molecule has 184 valence electrons. The van der Waals surface area contributed by atoms with Crippen molar-refractivity contribution in [3.8, 4) is 11.5 Å². The van der Waals surface area contributed by atoms with E-state index in [9.17, 15) is 9.59 Å². The fourth-order valence-corrected chi connectivity index (χ4v) is 3.03. The van der Waals surface area contributed by atoms with Crippen LogP contribution in [0.25, 0.3) is 5.57 Å². The first kappa shape index (κ1) is 26.8. The van der Waals surface area contributed by atoms with Gasteiger partial charge in [0.05, 0.1) is 19.9 Å². The number of benzene rings is 1. The van der Waals surface area contributed by atoms with Crippen molar-refractivity contribution in [2.24, 2.45) is 0 Å². The van der Waals surface area contributed by atoms with Crippen LogP contribution >= 0.6 is 0 Å². The van der Waals surface area contributed by atoms with Crippen molar-refractivity contribution >= 4 is 23.1 Å². The fraction of sp³-hybridized carbons (Fsp3) is 0.231. The molecule has 0 spiro atoms. The Balaban J connectivity index is 0.000000283. The standard InChI is InChI=1S/C16H19N3O3.C10H12N2O/c1-11-8-12(6-7-17-11)10-18-16(20)19-14-9-13(21-2)4-5-15(14)22-3;1-8(13)10(7-11-2)9-4-3-5-12-6-9/h4-9H,10H2,1-3H3,(H2,18,19,20);3-7,11H,1-2H3/b;10-7+. The minimum atomic E-state index is -0.319. The fourth-order valence-electron chi connectivity index (χ4n) is 3.03. The van der Waals surface area contributed by atoms with Gasteiger partial charge >= 0.3 is 6.03 Å². The zero-order valence-electron chi connectivity index (χ0n) is 20.6. The van der Waals surface area contributed by atoms with Crippen LogP contribution < -0.4 is 25.4 Å². The molecule has 2 amide bonds. The van der Waals surface area contributed by atoms with Gasteiger partial charge in [0.1, 0.15) is 11.5 Å². The number of aryl methyl sites for hydroxylation is 1. The number of anilines is 1. The van der Waals surface area contributed by atoms with Crippen molar-refractivity contribution in [3.05, 3.63) is 84.1 Å². The summed E-state index contributed by atoms with van der Waals surface area (Å²) in [5.41, 5.74) is 3.93. The number of urea groups is 1. The van der Waals surface area contributed by atoms with Crippen LogP contribution in [0.15, 0.2) is 67.3 Å². The molecular formula is C26H31N5O4. The van der Waals surface area contributed by atoms with E-state index in [0.29, 0.717) is 29.3 Å². The molecule has 0 aliphatic carbocycles. The van der Waals surface area contributed by atoms with E-state index < -0.39 is 0 Å². The molecular weight excluding hydrogens is 446 g/mol. The van der Waals surface area contributed by atoms with Crippen LogP contribution in [-0.4, -0.2) is 43.0 Å². The molecule has 0 radical (unpaired) electrons. The summed E-state index contributed by atoms with van der Waals surface area (Å²) < 4.78 is 10.4. The van der Waals surface area contributed by atoms with Gasteiger partial charge in [-0.3, -0.25) is 14.8 Å². The highest BCUT2D eigenvalue weighted by Crippen LogP contribution is 2.28. The van der Waals surface area contributed by atoms with E-state index in [1.807, 2.05) is 31.2 Å². The monoisotopic (exact) mass is 477 g/mol. The minimum Gasteiger partial charge on any atom is -0.497 e. The smallest absolute Gasteiger partial charge is 0.319 e. The van der Waals surface area contributed by atoms with Crippen molar-refractivity contribution in [2.45, 2.75) is 20.4 Å². The van der Waals surface area contributed by atoms with E-state index in [1.54, 1.807) is 64.3 Å². The van der Waals surface area contributed by atoms with E-state index >= 15 is 0 Å². The lowest BCUT2D eigenvalue weighted by Crippen LogP contribution is -2.28. The first-order chi connectivity index (χ1) is 16.9. The largest absolute Gasteiger partial charge is 0.497 e. The van der Waals surface area contributed by atoms with Gasteiger partial charge in [0.2, 0.25) is 0 Å². The molecule has 0 saturated carbocycles. The summed E-state index contributed by atoms with van der Waals surface area (Å²) in [6.45, 7) is 3.86. The summed E-state index contributed by atoms with van der Waals surface area (Å²) in [6, 6.07) is 12.3. The van der Waals surface area contributed by atoms with Gasteiger partial charge in [0.25, 0.3) is 0 Å². The van der Waals surface area contributed by atoms with Crippen molar-refractivity contribution in [2.75, 3.05) is 26.6 Å². The molecule has 2 heterocycles. The van der Waals surface area contributed by atoms with Crippen LogP contribution in [0, 0.1) is 6.92 Å². The number of ketones is 1. The summed E-state index contributed by atoms with van der Waals surface area (Å²) in [7, 11) is 4.88. The van der Waals surface area contributed by atoms with Crippen LogP contribution in [-0.2, 0) is 11.3 Å². The molecule has 3 N–H and O–H groups in total. The predicted octanol–water partition coefficient (Wildman–Crippen LogP) is 3.96. The number of aromatic nitrogens is 2. The Morgan fingerprint density at radius 2 is 1.86 bits per heavy atom. The van der Waals surface area contributed by atoms with Crippen LogP contribution in [0.2, 0.25) is 0 Å². The Morgan fingerprint density at radius 1 is 1.06 bits per heavy atom. The number of amides is 2. The third kappa shape index (κ3) is 8.81. The molecule has 3 rings (SSSR count). The minimum absolute atomic E-state index is 0.0300. The second kappa shape index (κ2) is 14.0. The maximum absolute atomic E-state index is 12.0. The third-order valence-corrected chi connectivity index (χ3v) is 4.71. The number of Topliss-reactive ketones (excluding diaryl/α,β-unsaturated/α-hetero) is 1. The Bertz CT molecular complexity index is 1150. The molecule has 9 heteroatoms. The highest BCUT2D eigenvalue weighted by atomic mass is 16.5. The van der Waals surface area contributed by atoms with E-state index in [4.69, 9.17) is 9.47 Å². The van der Waals surface area contributed by atoms with Crippen molar-refractivity contribution in [1.82, 2.24) is 20.6 Å². The number of nitrogens with one attached hydrogen (secondary N) is 3. The van der Waals surface area contributed by atoms with Crippen LogP contribution in [0.5, 0.6) is 11.5 Å². The molecule has 2 aromatic heterocycles. The summed E-state index contributed by atoms with van der Waals surface area (Å²) in [4.78, 5) is 31.3. The molecule has 3 aromatic rings. The van der Waals surface area contributed by atoms with Gasteiger partial charge < -0.3 is 25.4 Å². The number of carbonyl (C=O) groups is 2. The number of hydrogen-bond donors (Lipinski definition) is 3. The second-order valence-electron chi connectivity index (χ2n) is 7.32. The Hall–Kier alpha value is -4.40. The molecule has 9 nitrogen and oxygen atoms in total. The lowest BCUT2D eigenvalue weighted by atomic mass is 10.1. The number of methoxy groups -OCH3 is 2. The molecule has 1 aromatic carbocycles. The maximum Gasteiger partial charge on any atom is 0.319 e. The maximum atomic E-state index is 12.0. The molecule has 35 heavy (non-hydrogen) atoms. The molecule has 0 aliphatic heterocycles. The molecule has 0 saturated heterocycles. The van der Waals surface area contributed by atoms with Gasteiger partial charge in [-0.15, -0.1) is 0 Å². The molecule has 0 bridgehead atoms. The molecule has 0 unspecified atom stereocenters. The van der Waals surface area contributed by atoms with E-state index in [1.165, 1.54) is 6.92 Å². The lowest BCUT2D eigenvalue weighted by molar-refractivity contribution is -0.111. The number of nitrogens with zero attached hydrogens (tertiary/aromatic N) is 2.